The van der Waals surface area contributed by atoms with E-state index in [1.165, 1.54) is 0 Å². The van der Waals surface area contributed by atoms with Crippen molar-refractivity contribution in [1.82, 2.24) is 0 Å². The molecule has 0 aliphatic carbocycles. The van der Waals surface area contributed by atoms with E-state index in [2.05, 4.69) is 0 Å². The molecule has 0 aromatic rings. The summed E-state index contributed by atoms with van der Waals surface area (Å²) in [6.07, 6.45) is 0.468. The first kappa shape index (κ1) is 15.9. The molecule has 100 valence electrons. The van der Waals surface area contributed by atoms with Crippen LogP contribution in [0.15, 0.2) is 0 Å². The summed E-state index contributed by atoms with van der Waals surface area (Å²) in [7, 11) is 0. The molecule has 0 aliphatic heterocycles. The topological polar surface area (TPSA) is 89.6 Å². The number of rotatable bonds is 5. The lowest BCUT2D eigenvalue weighted by Gasteiger charge is -2.25. The number of carbonyl (C=O) groups excluding carboxylic acids is 1. The Morgan fingerprint density at radius 1 is 1.29 bits per heavy atom. The van der Waals surface area contributed by atoms with E-state index in [0.717, 1.165) is 0 Å². The predicted molar refractivity (Wildman–Crippen MR) is 64.4 cm³/mol. The van der Waals surface area contributed by atoms with Gasteiger partial charge in [-0.25, -0.2) is 0 Å². The zero-order valence-electron chi connectivity index (χ0n) is 11.2. The Kier molecular flexibility index (Phi) is 5.61. The smallest absolute Gasteiger partial charge is 0.322 e. The second-order valence-corrected chi connectivity index (χ2v) is 5.64. The zero-order chi connectivity index (χ0) is 13.8. The minimum Gasteiger partial charge on any atom is -0.481 e. The standard InChI is InChI=1S/C12H23NO4/c1-7(2)6-8(13)9(10(14)15)11(16)17-12(3,4)5/h7-9H,6,13H2,1-5H3,(H,14,15)/t8-,9?/m0/s1. The molecule has 0 aromatic carbocycles. The zero-order valence-corrected chi connectivity index (χ0v) is 11.2. The molecule has 17 heavy (non-hydrogen) atoms. The van der Waals surface area contributed by atoms with Crippen molar-refractivity contribution < 1.29 is 19.4 Å². The molecule has 0 aromatic heterocycles. The molecular formula is C12H23NO4. The number of carbonyl (C=O) groups is 2. The molecule has 0 radical (unpaired) electrons. The Labute approximate surface area is 102 Å². The lowest BCUT2D eigenvalue weighted by atomic mass is 9.92. The fourth-order valence-corrected chi connectivity index (χ4v) is 1.50. The molecule has 5 nitrogen and oxygen atoms in total. The summed E-state index contributed by atoms with van der Waals surface area (Å²) in [6.45, 7) is 8.93. The monoisotopic (exact) mass is 245 g/mol. The highest BCUT2D eigenvalue weighted by Gasteiger charge is 2.36. The van der Waals surface area contributed by atoms with Crippen molar-refractivity contribution in [3.8, 4) is 0 Å². The molecule has 0 fully saturated rings. The first-order chi connectivity index (χ1) is 7.54. The largest absolute Gasteiger partial charge is 0.481 e. The van der Waals surface area contributed by atoms with Gasteiger partial charge in [-0.15, -0.1) is 0 Å². The molecule has 0 heterocycles. The number of hydrogen-bond acceptors (Lipinski definition) is 4. The fraction of sp³-hybridized carbons (Fsp3) is 0.833. The third-order valence-electron chi connectivity index (χ3n) is 2.10. The van der Waals surface area contributed by atoms with Crippen LogP contribution >= 0.6 is 0 Å². The molecule has 0 spiro atoms. The molecule has 0 saturated heterocycles. The van der Waals surface area contributed by atoms with Crippen LogP contribution in [0.5, 0.6) is 0 Å². The maximum absolute atomic E-state index is 11.7. The third kappa shape index (κ3) is 6.26. The number of ether oxygens (including phenoxy) is 1. The normalized spacial score (nSPS) is 15.5. The molecule has 5 heteroatoms. The quantitative estimate of drug-likeness (QED) is 0.564. The van der Waals surface area contributed by atoms with E-state index in [1.807, 2.05) is 13.8 Å². The SMILES string of the molecule is CC(C)C[C@H](N)C(C(=O)O)C(=O)OC(C)(C)C. The summed E-state index contributed by atoms with van der Waals surface area (Å²) < 4.78 is 5.06. The van der Waals surface area contributed by atoms with Gasteiger partial charge in [-0.05, 0) is 33.1 Å². The van der Waals surface area contributed by atoms with E-state index >= 15 is 0 Å². The number of hydrogen-bond donors (Lipinski definition) is 2. The van der Waals surface area contributed by atoms with Crippen molar-refractivity contribution in [1.29, 1.82) is 0 Å². The van der Waals surface area contributed by atoms with E-state index in [0.29, 0.717) is 6.42 Å². The van der Waals surface area contributed by atoms with E-state index < -0.39 is 29.5 Å². The Morgan fingerprint density at radius 2 is 1.76 bits per heavy atom. The summed E-state index contributed by atoms with van der Waals surface area (Å²) in [6, 6.07) is -0.720. The highest BCUT2D eigenvalue weighted by molar-refractivity contribution is 5.95. The van der Waals surface area contributed by atoms with Crippen molar-refractivity contribution in [3.63, 3.8) is 0 Å². The molecule has 0 saturated carbocycles. The first-order valence-electron chi connectivity index (χ1n) is 5.76. The van der Waals surface area contributed by atoms with Gasteiger partial charge in [0.05, 0.1) is 0 Å². The molecule has 2 atom stereocenters. The number of carboxylic acid groups (broad SMARTS) is 1. The van der Waals surface area contributed by atoms with Gasteiger partial charge >= 0.3 is 11.9 Å². The van der Waals surface area contributed by atoms with Crippen LogP contribution in [0.1, 0.15) is 41.0 Å². The second-order valence-electron chi connectivity index (χ2n) is 5.64. The number of carboxylic acids is 1. The summed E-state index contributed by atoms with van der Waals surface area (Å²) in [5, 5.41) is 9.04. The molecule has 1 unspecified atom stereocenters. The van der Waals surface area contributed by atoms with Gasteiger partial charge in [0.1, 0.15) is 5.60 Å². The van der Waals surface area contributed by atoms with Crippen molar-refractivity contribution in [3.05, 3.63) is 0 Å². The molecule has 3 N–H and O–H groups in total. The lowest BCUT2D eigenvalue weighted by Crippen LogP contribution is -2.44. The maximum Gasteiger partial charge on any atom is 0.322 e. The average Bonchev–Trinajstić information content (AvgIpc) is 1.96. The highest BCUT2D eigenvalue weighted by Crippen LogP contribution is 2.17. The van der Waals surface area contributed by atoms with Crippen LogP contribution in [-0.2, 0) is 14.3 Å². The number of nitrogens with two attached hydrogens (primary N) is 1. The minimum atomic E-state index is -1.29. The van der Waals surface area contributed by atoms with Gasteiger partial charge in [-0.2, -0.15) is 0 Å². The molecule has 0 rings (SSSR count). The van der Waals surface area contributed by atoms with Crippen molar-refractivity contribution in [2.24, 2.45) is 17.6 Å². The predicted octanol–water partition coefficient (Wildman–Crippen LogP) is 1.40. The average molecular weight is 245 g/mol. The maximum atomic E-state index is 11.7. The molecular weight excluding hydrogens is 222 g/mol. The van der Waals surface area contributed by atoms with Crippen LogP contribution in [-0.4, -0.2) is 28.7 Å². The van der Waals surface area contributed by atoms with Crippen LogP contribution in [0.2, 0.25) is 0 Å². The van der Waals surface area contributed by atoms with Gasteiger partial charge in [0.25, 0.3) is 0 Å². The fourth-order valence-electron chi connectivity index (χ4n) is 1.50. The number of esters is 1. The van der Waals surface area contributed by atoms with Crippen molar-refractivity contribution >= 4 is 11.9 Å². The van der Waals surface area contributed by atoms with Gasteiger partial charge in [0.15, 0.2) is 5.92 Å². The van der Waals surface area contributed by atoms with Crippen LogP contribution in [0, 0.1) is 11.8 Å². The van der Waals surface area contributed by atoms with E-state index in [-0.39, 0.29) is 5.92 Å². The van der Waals surface area contributed by atoms with Crippen molar-refractivity contribution in [2.75, 3.05) is 0 Å². The Bertz CT molecular complexity index is 281. The molecule has 0 bridgehead atoms. The Morgan fingerprint density at radius 3 is 2.06 bits per heavy atom. The van der Waals surface area contributed by atoms with E-state index in [9.17, 15) is 9.59 Å². The third-order valence-corrected chi connectivity index (χ3v) is 2.10. The van der Waals surface area contributed by atoms with Gasteiger partial charge in [0.2, 0.25) is 0 Å². The molecule has 0 aliphatic rings. The van der Waals surface area contributed by atoms with Crippen LogP contribution in [0.3, 0.4) is 0 Å². The van der Waals surface area contributed by atoms with Gasteiger partial charge < -0.3 is 15.6 Å². The minimum absolute atomic E-state index is 0.231. The van der Waals surface area contributed by atoms with Crippen molar-refractivity contribution in [2.45, 2.75) is 52.7 Å². The first-order valence-corrected chi connectivity index (χ1v) is 5.76. The van der Waals surface area contributed by atoms with Crippen LogP contribution in [0.4, 0.5) is 0 Å². The summed E-state index contributed by atoms with van der Waals surface area (Å²) in [4.78, 5) is 22.8. The second kappa shape index (κ2) is 6.00. The van der Waals surface area contributed by atoms with Crippen LogP contribution < -0.4 is 5.73 Å². The van der Waals surface area contributed by atoms with Gasteiger partial charge in [0, 0.05) is 6.04 Å². The Hall–Kier alpha value is -1.10. The summed E-state index contributed by atoms with van der Waals surface area (Å²) in [5.74, 6) is -3.06. The summed E-state index contributed by atoms with van der Waals surface area (Å²) >= 11 is 0. The number of aliphatic carboxylic acids is 1. The van der Waals surface area contributed by atoms with Gasteiger partial charge in [-0.1, -0.05) is 13.8 Å². The van der Waals surface area contributed by atoms with E-state index in [4.69, 9.17) is 15.6 Å². The summed E-state index contributed by atoms with van der Waals surface area (Å²) in [5.41, 5.74) is 5.05. The lowest BCUT2D eigenvalue weighted by molar-refractivity contribution is -0.167. The Balaban J connectivity index is 4.74. The highest BCUT2D eigenvalue weighted by atomic mass is 16.6. The van der Waals surface area contributed by atoms with Crippen LogP contribution in [0.25, 0.3) is 0 Å². The van der Waals surface area contributed by atoms with Gasteiger partial charge in [-0.3, -0.25) is 9.59 Å². The van der Waals surface area contributed by atoms with E-state index in [1.54, 1.807) is 20.8 Å². The molecule has 0 amide bonds.